The molecule has 1 aromatic rings. The number of alkyl halides is 3. The third-order valence-electron chi connectivity index (χ3n) is 3.11. The van der Waals surface area contributed by atoms with Crippen molar-refractivity contribution >= 4 is 5.82 Å². The second-order valence-electron chi connectivity index (χ2n) is 4.52. The second kappa shape index (κ2) is 5.75. The number of aliphatic hydroxyl groups is 1. The van der Waals surface area contributed by atoms with Crippen LogP contribution in [0, 0.1) is 0 Å². The minimum atomic E-state index is -4.15. The third-order valence-corrected chi connectivity index (χ3v) is 3.11. The molecule has 1 fully saturated rings. The van der Waals surface area contributed by atoms with Gasteiger partial charge in [0.05, 0.1) is 13.2 Å². The van der Waals surface area contributed by atoms with E-state index in [0.717, 1.165) is 0 Å². The quantitative estimate of drug-likeness (QED) is 0.901. The average Bonchev–Trinajstić information content (AvgIpc) is 2.38. The summed E-state index contributed by atoms with van der Waals surface area (Å²) in [5.74, 6) is 0.664. The smallest absolute Gasteiger partial charge is 0.392 e. The van der Waals surface area contributed by atoms with E-state index in [1.165, 1.54) is 4.90 Å². The highest BCUT2D eigenvalue weighted by Gasteiger charge is 2.32. The van der Waals surface area contributed by atoms with Gasteiger partial charge in [-0.25, -0.2) is 4.98 Å². The molecule has 2 rings (SSSR count). The highest BCUT2D eigenvalue weighted by Crippen LogP contribution is 2.21. The van der Waals surface area contributed by atoms with Crippen molar-refractivity contribution < 1.29 is 18.3 Å². The van der Waals surface area contributed by atoms with Crippen molar-refractivity contribution in [2.45, 2.75) is 12.8 Å². The molecule has 0 aromatic carbocycles. The van der Waals surface area contributed by atoms with Crippen LogP contribution in [0.1, 0.15) is 5.56 Å². The van der Waals surface area contributed by atoms with Gasteiger partial charge in [0.1, 0.15) is 5.82 Å². The van der Waals surface area contributed by atoms with Crippen molar-refractivity contribution in [3.8, 4) is 0 Å². The van der Waals surface area contributed by atoms with Crippen LogP contribution in [0.4, 0.5) is 19.0 Å². The van der Waals surface area contributed by atoms with Gasteiger partial charge in [-0.2, -0.15) is 13.2 Å². The third kappa shape index (κ3) is 3.81. The number of aliphatic hydroxyl groups excluding tert-OH is 1. The standard InChI is InChI=1S/C12H16F3N3O/c13-12(14,15)9-17-4-6-18(7-5-17)11-10(8-19)2-1-3-16-11/h1-3,19H,4-9H2. The van der Waals surface area contributed by atoms with Crippen LogP contribution < -0.4 is 4.90 Å². The number of anilines is 1. The summed E-state index contributed by atoms with van der Waals surface area (Å²) in [6.45, 7) is 0.684. The molecule has 19 heavy (non-hydrogen) atoms. The molecular weight excluding hydrogens is 259 g/mol. The summed E-state index contributed by atoms with van der Waals surface area (Å²) in [5, 5.41) is 9.23. The molecule has 2 heterocycles. The molecule has 0 aliphatic carbocycles. The van der Waals surface area contributed by atoms with E-state index in [4.69, 9.17) is 0 Å². The molecule has 0 unspecified atom stereocenters. The van der Waals surface area contributed by atoms with Crippen LogP contribution >= 0.6 is 0 Å². The predicted molar refractivity (Wildman–Crippen MR) is 64.9 cm³/mol. The van der Waals surface area contributed by atoms with Crippen molar-refractivity contribution in [1.29, 1.82) is 0 Å². The van der Waals surface area contributed by atoms with Gasteiger partial charge in [-0.05, 0) is 6.07 Å². The van der Waals surface area contributed by atoms with E-state index in [-0.39, 0.29) is 6.61 Å². The zero-order chi connectivity index (χ0) is 13.9. The largest absolute Gasteiger partial charge is 0.401 e. The highest BCUT2D eigenvalue weighted by atomic mass is 19.4. The summed E-state index contributed by atoms with van der Waals surface area (Å²) in [7, 11) is 0. The molecular formula is C12H16F3N3O. The number of halogens is 3. The zero-order valence-electron chi connectivity index (χ0n) is 10.4. The molecule has 0 amide bonds. The van der Waals surface area contributed by atoms with Crippen LogP contribution in [0.3, 0.4) is 0 Å². The summed E-state index contributed by atoms with van der Waals surface area (Å²) in [6, 6.07) is 3.50. The van der Waals surface area contributed by atoms with E-state index in [0.29, 0.717) is 37.6 Å². The summed E-state index contributed by atoms with van der Waals surface area (Å²) >= 11 is 0. The maximum atomic E-state index is 12.3. The molecule has 1 aromatic heterocycles. The van der Waals surface area contributed by atoms with Gasteiger partial charge in [-0.3, -0.25) is 4.90 Å². The number of pyridine rings is 1. The second-order valence-corrected chi connectivity index (χ2v) is 4.52. The van der Waals surface area contributed by atoms with E-state index < -0.39 is 12.7 Å². The first-order valence-corrected chi connectivity index (χ1v) is 6.08. The summed E-state index contributed by atoms with van der Waals surface area (Å²) in [4.78, 5) is 7.50. The Morgan fingerprint density at radius 3 is 2.47 bits per heavy atom. The Morgan fingerprint density at radius 2 is 1.89 bits per heavy atom. The number of hydrogen-bond acceptors (Lipinski definition) is 4. The Morgan fingerprint density at radius 1 is 1.21 bits per heavy atom. The minimum Gasteiger partial charge on any atom is -0.392 e. The number of nitrogens with zero attached hydrogens (tertiary/aromatic N) is 3. The van der Waals surface area contributed by atoms with Crippen molar-refractivity contribution in [1.82, 2.24) is 9.88 Å². The zero-order valence-corrected chi connectivity index (χ0v) is 10.4. The van der Waals surface area contributed by atoms with Gasteiger partial charge in [0.25, 0.3) is 0 Å². The molecule has 4 nitrogen and oxygen atoms in total. The highest BCUT2D eigenvalue weighted by molar-refractivity contribution is 5.46. The van der Waals surface area contributed by atoms with E-state index in [1.54, 1.807) is 18.3 Å². The summed E-state index contributed by atoms with van der Waals surface area (Å²) in [5.41, 5.74) is 0.701. The molecule has 0 spiro atoms. The van der Waals surface area contributed by atoms with Crippen LogP contribution in [0.15, 0.2) is 18.3 Å². The average molecular weight is 275 g/mol. The first-order valence-electron chi connectivity index (χ1n) is 6.08. The first-order chi connectivity index (χ1) is 8.99. The molecule has 0 atom stereocenters. The molecule has 106 valence electrons. The van der Waals surface area contributed by atoms with E-state index in [2.05, 4.69) is 4.98 Å². The van der Waals surface area contributed by atoms with Gasteiger partial charge >= 0.3 is 6.18 Å². The lowest BCUT2D eigenvalue weighted by Crippen LogP contribution is -2.49. The normalized spacial score (nSPS) is 17.8. The lowest BCUT2D eigenvalue weighted by Gasteiger charge is -2.36. The van der Waals surface area contributed by atoms with Crippen molar-refractivity contribution in [2.75, 3.05) is 37.6 Å². The van der Waals surface area contributed by atoms with Crippen molar-refractivity contribution in [3.05, 3.63) is 23.9 Å². The molecule has 7 heteroatoms. The van der Waals surface area contributed by atoms with Crippen LogP contribution in [0.2, 0.25) is 0 Å². The molecule has 1 aliphatic rings. The van der Waals surface area contributed by atoms with Crippen molar-refractivity contribution in [2.24, 2.45) is 0 Å². The van der Waals surface area contributed by atoms with Crippen LogP contribution in [-0.4, -0.2) is 53.9 Å². The van der Waals surface area contributed by atoms with Gasteiger partial charge in [-0.15, -0.1) is 0 Å². The first kappa shape index (κ1) is 14.1. The molecule has 0 radical (unpaired) electrons. The van der Waals surface area contributed by atoms with Crippen LogP contribution in [0.5, 0.6) is 0 Å². The van der Waals surface area contributed by atoms with Crippen molar-refractivity contribution in [3.63, 3.8) is 0 Å². The topological polar surface area (TPSA) is 39.6 Å². The van der Waals surface area contributed by atoms with E-state index in [1.807, 2.05) is 4.90 Å². The molecule has 0 bridgehead atoms. The SMILES string of the molecule is OCc1cccnc1N1CCN(CC(F)(F)F)CC1. The Balaban J connectivity index is 1.96. The Hall–Kier alpha value is -1.34. The summed E-state index contributed by atoms with van der Waals surface area (Å²) < 4.78 is 36.8. The Labute approximate surface area is 109 Å². The van der Waals surface area contributed by atoms with Gasteiger partial charge in [0.2, 0.25) is 0 Å². The Kier molecular flexibility index (Phi) is 4.26. The number of piperazine rings is 1. The number of hydrogen-bond donors (Lipinski definition) is 1. The summed E-state index contributed by atoms with van der Waals surface area (Å²) in [6.07, 6.45) is -2.53. The number of aromatic nitrogens is 1. The maximum absolute atomic E-state index is 12.3. The lowest BCUT2D eigenvalue weighted by atomic mass is 10.2. The van der Waals surface area contributed by atoms with E-state index in [9.17, 15) is 18.3 Å². The van der Waals surface area contributed by atoms with Gasteiger partial charge in [-0.1, -0.05) is 6.07 Å². The lowest BCUT2D eigenvalue weighted by molar-refractivity contribution is -0.146. The molecule has 1 saturated heterocycles. The monoisotopic (exact) mass is 275 g/mol. The van der Waals surface area contributed by atoms with E-state index >= 15 is 0 Å². The fourth-order valence-corrected chi connectivity index (χ4v) is 2.21. The van der Waals surface area contributed by atoms with Gasteiger partial charge in [0, 0.05) is 37.9 Å². The maximum Gasteiger partial charge on any atom is 0.401 e. The minimum absolute atomic E-state index is 0.119. The molecule has 0 saturated carbocycles. The van der Waals surface area contributed by atoms with Gasteiger partial charge < -0.3 is 10.0 Å². The van der Waals surface area contributed by atoms with Gasteiger partial charge in [0.15, 0.2) is 0 Å². The molecule has 1 N–H and O–H groups in total. The Bertz CT molecular complexity index is 417. The number of rotatable bonds is 3. The fraction of sp³-hybridized carbons (Fsp3) is 0.583. The van der Waals surface area contributed by atoms with Crippen LogP contribution in [0.25, 0.3) is 0 Å². The fourth-order valence-electron chi connectivity index (χ4n) is 2.21. The predicted octanol–water partition coefficient (Wildman–Crippen LogP) is 1.26. The molecule has 1 aliphatic heterocycles. The van der Waals surface area contributed by atoms with Crippen LogP contribution in [-0.2, 0) is 6.61 Å².